The van der Waals surface area contributed by atoms with Gasteiger partial charge in [-0.05, 0) is 49.6 Å². The topological polar surface area (TPSA) is 42.1 Å². The number of nitrogens with two attached hydrogens (primary N) is 1. The Bertz CT molecular complexity index is 577. The van der Waals surface area contributed by atoms with Crippen LogP contribution in [0.1, 0.15) is 37.8 Å². The second-order valence-corrected chi connectivity index (χ2v) is 5.68. The molecule has 1 aliphatic rings. The highest BCUT2D eigenvalue weighted by molar-refractivity contribution is 5.79. The van der Waals surface area contributed by atoms with Crippen LogP contribution in [0, 0.1) is 0 Å². The summed E-state index contributed by atoms with van der Waals surface area (Å²) in [6.45, 7) is 4.06. The maximum Gasteiger partial charge on any atom is 0.0702 e. The average molecular weight is 269 g/mol. The molecule has 1 aromatic carbocycles. The molecule has 1 saturated carbocycles. The number of nitrogens with zero attached hydrogens (tertiary/aromatic N) is 2. The van der Waals surface area contributed by atoms with E-state index in [1.807, 2.05) is 12.3 Å². The molecule has 3 heteroatoms. The molecule has 1 aliphatic carbocycles. The van der Waals surface area contributed by atoms with Crippen LogP contribution in [0.25, 0.3) is 10.9 Å². The summed E-state index contributed by atoms with van der Waals surface area (Å²) in [6, 6.07) is 11.8. The van der Waals surface area contributed by atoms with Gasteiger partial charge in [0, 0.05) is 30.2 Å². The van der Waals surface area contributed by atoms with Crippen LogP contribution in [0.15, 0.2) is 36.5 Å². The standard InChI is InChI=1S/C17H23N3/c1-2-10-20(15-6-7-15)17(12-18)14-5-8-16-13(11-14)4-3-9-19-16/h3-5,8-9,11,15,17H,2,6-7,10,12,18H2,1H3. The lowest BCUT2D eigenvalue weighted by molar-refractivity contribution is 0.191. The molecule has 1 aromatic heterocycles. The zero-order valence-electron chi connectivity index (χ0n) is 12.1. The fourth-order valence-electron chi connectivity index (χ4n) is 3.02. The van der Waals surface area contributed by atoms with Crippen LogP contribution in [0.2, 0.25) is 0 Å². The van der Waals surface area contributed by atoms with Gasteiger partial charge in [-0.25, -0.2) is 0 Å². The Morgan fingerprint density at radius 1 is 1.35 bits per heavy atom. The summed E-state index contributed by atoms with van der Waals surface area (Å²) >= 11 is 0. The summed E-state index contributed by atoms with van der Waals surface area (Å²) in [7, 11) is 0. The van der Waals surface area contributed by atoms with Crippen LogP contribution < -0.4 is 5.73 Å². The van der Waals surface area contributed by atoms with Crippen molar-refractivity contribution < 1.29 is 0 Å². The van der Waals surface area contributed by atoms with E-state index in [0.717, 1.165) is 18.1 Å². The normalized spacial score (nSPS) is 16.8. The molecule has 1 fully saturated rings. The van der Waals surface area contributed by atoms with Gasteiger partial charge in [-0.1, -0.05) is 19.1 Å². The highest BCUT2D eigenvalue weighted by atomic mass is 15.2. The Labute approximate surface area is 120 Å². The number of fused-ring (bicyclic) bond motifs is 1. The molecule has 2 aromatic rings. The highest BCUT2D eigenvalue weighted by Crippen LogP contribution is 2.34. The minimum atomic E-state index is 0.340. The van der Waals surface area contributed by atoms with E-state index in [2.05, 4.69) is 41.1 Å². The highest BCUT2D eigenvalue weighted by Gasteiger charge is 2.33. The fourth-order valence-corrected chi connectivity index (χ4v) is 3.02. The van der Waals surface area contributed by atoms with E-state index in [1.54, 1.807) is 0 Å². The van der Waals surface area contributed by atoms with Gasteiger partial charge in [0.1, 0.15) is 0 Å². The van der Waals surface area contributed by atoms with E-state index >= 15 is 0 Å². The summed E-state index contributed by atoms with van der Waals surface area (Å²) in [4.78, 5) is 6.99. The summed E-state index contributed by atoms with van der Waals surface area (Å²) < 4.78 is 0. The molecule has 0 amide bonds. The second-order valence-electron chi connectivity index (χ2n) is 5.68. The first-order chi connectivity index (χ1) is 9.83. The minimum Gasteiger partial charge on any atom is -0.329 e. The Morgan fingerprint density at radius 3 is 2.90 bits per heavy atom. The predicted octanol–water partition coefficient (Wildman–Crippen LogP) is 3.11. The van der Waals surface area contributed by atoms with Crippen molar-refractivity contribution in [3.63, 3.8) is 0 Å². The van der Waals surface area contributed by atoms with Gasteiger partial charge in [0.2, 0.25) is 0 Å². The monoisotopic (exact) mass is 269 g/mol. The molecule has 1 atom stereocenters. The van der Waals surface area contributed by atoms with Gasteiger partial charge >= 0.3 is 0 Å². The molecule has 3 rings (SSSR count). The molecule has 0 aliphatic heterocycles. The lowest BCUT2D eigenvalue weighted by atomic mass is 10.0. The Kier molecular flexibility index (Phi) is 3.99. The van der Waals surface area contributed by atoms with Crippen LogP contribution in [0.3, 0.4) is 0 Å². The van der Waals surface area contributed by atoms with Crippen LogP contribution >= 0.6 is 0 Å². The summed E-state index contributed by atoms with van der Waals surface area (Å²) in [6.07, 6.45) is 5.68. The van der Waals surface area contributed by atoms with E-state index in [9.17, 15) is 0 Å². The van der Waals surface area contributed by atoms with Crippen molar-refractivity contribution in [2.45, 2.75) is 38.3 Å². The fraction of sp³-hybridized carbons (Fsp3) is 0.471. The molecule has 106 valence electrons. The van der Waals surface area contributed by atoms with E-state index in [4.69, 9.17) is 5.73 Å². The molecule has 1 unspecified atom stereocenters. The average Bonchev–Trinajstić information content (AvgIpc) is 3.31. The lowest BCUT2D eigenvalue weighted by Gasteiger charge is -2.31. The van der Waals surface area contributed by atoms with Crippen molar-refractivity contribution in [3.8, 4) is 0 Å². The van der Waals surface area contributed by atoms with Crippen LogP contribution in [-0.2, 0) is 0 Å². The van der Waals surface area contributed by atoms with E-state index in [-0.39, 0.29) is 0 Å². The molecule has 0 bridgehead atoms. The molecule has 20 heavy (non-hydrogen) atoms. The molecular formula is C17H23N3. The van der Waals surface area contributed by atoms with Gasteiger partial charge in [0.05, 0.1) is 5.52 Å². The number of pyridine rings is 1. The first-order valence-electron chi connectivity index (χ1n) is 7.64. The second kappa shape index (κ2) is 5.90. The van der Waals surface area contributed by atoms with Crippen molar-refractivity contribution in [2.24, 2.45) is 5.73 Å². The number of rotatable bonds is 6. The Hall–Kier alpha value is -1.45. The third kappa shape index (κ3) is 2.69. The van der Waals surface area contributed by atoms with Crippen molar-refractivity contribution in [2.75, 3.05) is 13.1 Å². The Balaban J connectivity index is 1.93. The predicted molar refractivity (Wildman–Crippen MR) is 83.6 cm³/mol. The Morgan fingerprint density at radius 2 is 2.20 bits per heavy atom. The molecule has 1 heterocycles. The number of benzene rings is 1. The van der Waals surface area contributed by atoms with Crippen LogP contribution in [-0.4, -0.2) is 29.0 Å². The molecule has 0 spiro atoms. The zero-order chi connectivity index (χ0) is 13.9. The summed E-state index contributed by atoms with van der Waals surface area (Å²) in [5, 5.41) is 1.20. The molecule has 0 radical (unpaired) electrons. The first kappa shape index (κ1) is 13.5. The third-order valence-corrected chi connectivity index (χ3v) is 4.13. The van der Waals surface area contributed by atoms with Gasteiger partial charge in [0.25, 0.3) is 0 Å². The van der Waals surface area contributed by atoms with Gasteiger partial charge in [-0.15, -0.1) is 0 Å². The van der Waals surface area contributed by atoms with Gasteiger partial charge < -0.3 is 5.73 Å². The van der Waals surface area contributed by atoms with Gasteiger partial charge in [-0.3, -0.25) is 9.88 Å². The van der Waals surface area contributed by atoms with E-state index in [0.29, 0.717) is 12.6 Å². The quantitative estimate of drug-likeness (QED) is 0.876. The molecule has 3 nitrogen and oxygen atoms in total. The smallest absolute Gasteiger partial charge is 0.0702 e. The summed E-state index contributed by atoms with van der Waals surface area (Å²) in [5.41, 5.74) is 8.47. The minimum absolute atomic E-state index is 0.340. The van der Waals surface area contributed by atoms with Crippen molar-refractivity contribution >= 4 is 10.9 Å². The first-order valence-corrected chi connectivity index (χ1v) is 7.64. The maximum atomic E-state index is 6.09. The van der Waals surface area contributed by atoms with Crippen LogP contribution in [0.4, 0.5) is 0 Å². The van der Waals surface area contributed by atoms with E-state index < -0.39 is 0 Å². The number of aromatic nitrogens is 1. The molecular weight excluding hydrogens is 246 g/mol. The summed E-state index contributed by atoms with van der Waals surface area (Å²) in [5.74, 6) is 0. The SMILES string of the molecule is CCCN(C1CC1)C(CN)c1ccc2ncccc2c1. The lowest BCUT2D eigenvalue weighted by Crippen LogP contribution is -2.36. The molecule has 0 saturated heterocycles. The van der Waals surface area contributed by atoms with Gasteiger partial charge in [-0.2, -0.15) is 0 Å². The number of hydrogen-bond donors (Lipinski definition) is 1. The molecule has 2 N–H and O–H groups in total. The van der Waals surface area contributed by atoms with Crippen molar-refractivity contribution in [1.82, 2.24) is 9.88 Å². The third-order valence-electron chi connectivity index (χ3n) is 4.13. The zero-order valence-corrected chi connectivity index (χ0v) is 12.1. The van der Waals surface area contributed by atoms with Gasteiger partial charge in [0.15, 0.2) is 0 Å². The van der Waals surface area contributed by atoms with Crippen molar-refractivity contribution in [3.05, 3.63) is 42.1 Å². The number of hydrogen-bond acceptors (Lipinski definition) is 3. The maximum absolute atomic E-state index is 6.09. The van der Waals surface area contributed by atoms with Crippen LogP contribution in [0.5, 0.6) is 0 Å². The van der Waals surface area contributed by atoms with E-state index in [1.165, 1.54) is 30.2 Å². The van der Waals surface area contributed by atoms with Crippen molar-refractivity contribution in [1.29, 1.82) is 0 Å². The largest absolute Gasteiger partial charge is 0.329 e.